The van der Waals surface area contributed by atoms with Gasteiger partial charge in [-0.1, -0.05) is 44.7 Å². The van der Waals surface area contributed by atoms with Gasteiger partial charge in [0.1, 0.15) is 5.75 Å². The number of carbonyl (C=O) groups is 2. The minimum absolute atomic E-state index is 0.0361. The Hall–Kier alpha value is -2.53. The number of carbonyl (C=O) groups excluding carboxylic acids is 2. The number of benzene rings is 2. The third-order valence-corrected chi connectivity index (χ3v) is 7.14. The summed E-state index contributed by atoms with van der Waals surface area (Å²) in [5.74, 6) is 0.993. The number of anilines is 2. The highest BCUT2D eigenvalue weighted by atomic mass is 35.5. The maximum atomic E-state index is 13.3. The predicted octanol–water partition coefficient (Wildman–Crippen LogP) is 6.86. The number of ether oxygens (including phenoxy) is 1. The van der Waals surface area contributed by atoms with Crippen LogP contribution in [0.15, 0.2) is 30.3 Å². The van der Waals surface area contributed by atoms with Gasteiger partial charge in [0.05, 0.1) is 6.61 Å². The van der Waals surface area contributed by atoms with E-state index in [9.17, 15) is 9.59 Å². The Morgan fingerprint density at radius 3 is 2.47 bits per heavy atom. The highest BCUT2D eigenvalue weighted by Gasteiger charge is 2.30. The number of halogens is 1. The zero-order chi connectivity index (χ0) is 24.9. The zero-order valence-electron chi connectivity index (χ0n) is 21.1. The molecule has 0 aromatic heterocycles. The van der Waals surface area contributed by atoms with Gasteiger partial charge in [0.2, 0.25) is 11.8 Å². The molecule has 1 N–H and O–H groups in total. The van der Waals surface area contributed by atoms with Crippen molar-refractivity contribution in [3.05, 3.63) is 52.0 Å². The molecule has 0 fully saturated rings. The van der Waals surface area contributed by atoms with Crippen molar-refractivity contribution >= 4 is 34.8 Å². The van der Waals surface area contributed by atoms with Crippen LogP contribution in [0.3, 0.4) is 0 Å². The molecule has 0 atom stereocenters. The molecule has 34 heavy (non-hydrogen) atoms. The summed E-state index contributed by atoms with van der Waals surface area (Å²) in [4.78, 5) is 27.1. The second-order valence-electron chi connectivity index (χ2n) is 9.95. The van der Waals surface area contributed by atoms with E-state index >= 15 is 0 Å². The molecule has 184 valence electrons. The summed E-state index contributed by atoms with van der Waals surface area (Å²) in [6, 6.07) is 9.48. The molecule has 6 heteroatoms. The van der Waals surface area contributed by atoms with Gasteiger partial charge in [0.25, 0.3) is 0 Å². The van der Waals surface area contributed by atoms with Crippen molar-refractivity contribution in [1.29, 1.82) is 0 Å². The van der Waals surface area contributed by atoms with Crippen LogP contribution < -0.4 is 15.0 Å². The second-order valence-corrected chi connectivity index (χ2v) is 10.4. The summed E-state index contributed by atoms with van der Waals surface area (Å²) in [6.45, 7) is 8.78. The third-order valence-electron chi connectivity index (χ3n) is 6.89. The molecule has 0 bridgehead atoms. The maximum absolute atomic E-state index is 13.3. The van der Waals surface area contributed by atoms with E-state index in [0.717, 1.165) is 65.9 Å². The van der Waals surface area contributed by atoms with E-state index in [1.54, 1.807) is 4.90 Å². The highest BCUT2D eigenvalue weighted by Crippen LogP contribution is 2.38. The monoisotopic (exact) mass is 484 g/mol. The van der Waals surface area contributed by atoms with E-state index < -0.39 is 5.41 Å². The highest BCUT2D eigenvalue weighted by molar-refractivity contribution is 6.30. The Morgan fingerprint density at radius 1 is 1.09 bits per heavy atom. The maximum Gasteiger partial charge on any atom is 0.230 e. The molecule has 5 nitrogen and oxygen atoms in total. The molecule has 2 aromatic carbocycles. The average molecular weight is 485 g/mol. The molecule has 1 aliphatic heterocycles. The van der Waals surface area contributed by atoms with Crippen molar-refractivity contribution in [1.82, 2.24) is 0 Å². The normalized spacial score (nSPS) is 13.6. The van der Waals surface area contributed by atoms with E-state index in [1.165, 1.54) is 0 Å². The topological polar surface area (TPSA) is 58.6 Å². The SMILES string of the molecule is Cc1cc2c(c(NC(=O)C(C)(C)CCCCCCOc3ccc(Cl)cc3)c1C)CCC(=O)N2C. The van der Waals surface area contributed by atoms with E-state index in [2.05, 4.69) is 11.4 Å². The van der Waals surface area contributed by atoms with Crippen LogP contribution in [-0.4, -0.2) is 25.5 Å². The number of hydrogen-bond donors (Lipinski definition) is 1. The van der Waals surface area contributed by atoms with Gasteiger partial charge < -0.3 is 15.0 Å². The molecule has 1 heterocycles. The molecule has 2 aromatic rings. The zero-order valence-corrected chi connectivity index (χ0v) is 21.8. The molecule has 1 aliphatic rings. The van der Waals surface area contributed by atoms with Crippen molar-refractivity contribution in [3.63, 3.8) is 0 Å². The first-order valence-corrected chi connectivity index (χ1v) is 12.6. The van der Waals surface area contributed by atoms with Crippen LogP contribution >= 0.6 is 11.6 Å². The van der Waals surface area contributed by atoms with Crippen LogP contribution in [0.5, 0.6) is 5.75 Å². The van der Waals surface area contributed by atoms with Gasteiger partial charge in [-0.3, -0.25) is 9.59 Å². The van der Waals surface area contributed by atoms with E-state index in [1.807, 2.05) is 59.0 Å². The van der Waals surface area contributed by atoms with Gasteiger partial charge in [-0.05, 0) is 74.6 Å². The molecule has 0 radical (unpaired) electrons. The van der Waals surface area contributed by atoms with E-state index in [0.29, 0.717) is 24.5 Å². The average Bonchev–Trinajstić information content (AvgIpc) is 2.80. The summed E-state index contributed by atoms with van der Waals surface area (Å²) < 4.78 is 5.75. The van der Waals surface area contributed by atoms with Gasteiger partial charge in [-0.2, -0.15) is 0 Å². The first kappa shape index (κ1) is 26.1. The Morgan fingerprint density at radius 2 is 1.76 bits per heavy atom. The quantitative estimate of drug-likeness (QED) is 0.375. The summed E-state index contributed by atoms with van der Waals surface area (Å²) in [6.07, 6.45) is 6.05. The summed E-state index contributed by atoms with van der Waals surface area (Å²) in [5, 5.41) is 3.94. The van der Waals surface area contributed by atoms with Crippen LogP contribution in [-0.2, 0) is 16.0 Å². The molecule has 0 unspecified atom stereocenters. The molecule has 0 spiro atoms. The van der Waals surface area contributed by atoms with Crippen molar-refractivity contribution in [2.45, 2.75) is 72.6 Å². The third kappa shape index (κ3) is 6.32. The largest absolute Gasteiger partial charge is 0.494 e. The Bertz CT molecular complexity index is 1030. The van der Waals surface area contributed by atoms with E-state index in [4.69, 9.17) is 16.3 Å². The van der Waals surface area contributed by atoms with Crippen molar-refractivity contribution < 1.29 is 14.3 Å². The molecule has 0 aliphatic carbocycles. The van der Waals surface area contributed by atoms with Crippen molar-refractivity contribution in [2.24, 2.45) is 5.41 Å². The second kappa shape index (κ2) is 11.3. The lowest BCUT2D eigenvalue weighted by atomic mass is 9.85. The lowest BCUT2D eigenvalue weighted by Gasteiger charge is -2.31. The van der Waals surface area contributed by atoms with Crippen LogP contribution in [0.2, 0.25) is 5.02 Å². The summed E-state index contributed by atoms with van der Waals surface area (Å²) >= 11 is 5.89. The Labute approximate surface area is 208 Å². The van der Waals surface area contributed by atoms with Crippen molar-refractivity contribution in [2.75, 3.05) is 23.9 Å². The molecular formula is C28H37ClN2O3. The Balaban J connectivity index is 1.49. The van der Waals surface area contributed by atoms with Gasteiger partial charge in [-0.15, -0.1) is 0 Å². The first-order valence-electron chi connectivity index (χ1n) is 12.2. The van der Waals surface area contributed by atoms with Gasteiger partial charge >= 0.3 is 0 Å². The van der Waals surface area contributed by atoms with Gasteiger partial charge in [0.15, 0.2) is 0 Å². The standard InChI is InChI=1S/C28H37ClN2O3/c1-19-18-24-23(14-15-25(32)31(24)5)26(20(19)2)30-27(33)28(3,4)16-8-6-7-9-17-34-22-12-10-21(29)11-13-22/h10-13,18H,6-9,14-17H2,1-5H3,(H,30,33). The lowest BCUT2D eigenvalue weighted by molar-refractivity contribution is -0.124. The number of hydrogen-bond acceptors (Lipinski definition) is 3. The molecule has 0 saturated carbocycles. The van der Waals surface area contributed by atoms with Gasteiger partial charge in [0, 0.05) is 40.8 Å². The van der Waals surface area contributed by atoms with Crippen molar-refractivity contribution in [3.8, 4) is 5.75 Å². The molecular weight excluding hydrogens is 448 g/mol. The fourth-order valence-corrected chi connectivity index (χ4v) is 4.47. The first-order chi connectivity index (χ1) is 16.1. The minimum atomic E-state index is -0.473. The molecule has 3 rings (SSSR count). The number of nitrogens with one attached hydrogen (secondary N) is 1. The fourth-order valence-electron chi connectivity index (χ4n) is 4.35. The minimum Gasteiger partial charge on any atom is -0.494 e. The number of unbranched alkanes of at least 4 members (excludes halogenated alkanes) is 3. The summed E-state index contributed by atoms with van der Waals surface area (Å²) in [5.41, 5.74) is 4.54. The fraction of sp³-hybridized carbons (Fsp3) is 0.500. The van der Waals surface area contributed by atoms with Crippen LogP contribution in [0.4, 0.5) is 11.4 Å². The summed E-state index contributed by atoms with van der Waals surface area (Å²) in [7, 11) is 1.81. The van der Waals surface area contributed by atoms with Crippen LogP contribution in [0.1, 0.15) is 69.1 Å². The lowest BCUT2D eigenvalue weighted by Crippen LogP contribution is -2.34. The van der Waals surface area contributed by atoms with Crippen LogP contribution in [0.25, 0.3) is 0 Å². The number of fused-ring (bicyclic) bond motifs is 1. The van der Waals surface area contributed by atoms with Gasteiger partial charge in [-0.25, -0.2) is 0 Å². The molecule has 2 amide bonds. The smallest absolute Gasteiger partial charge is 0.230 e. The number of nitrogens with zero attached hydrogens (tertiary/aromatic N) is 1. The van der Waals surface area contributed by atoms with E-state index in [-0.39, 0.29) is 11.8 Å². The predicted molar refractivity (Wildman–Crippen MR) is 140 cm³/mol. The Kier molecular flexibility index (Phi) is 8.64. The number of aryl methyl sites for hydroxylation is 1. The number of amides is 2. The molecule has 0 saturated heterocycles. The van der Waals surface area contributed by atoms with Crippen LogP contribution in [0, 0.1) is 19.3 Å². The number of rotatable bonds is 10.